The van der Waals surface area contributed by atoms with Crippen LogP contribution in [0.3, 0.4) is 0 Å². The van der Waals surface area contributed by atoms with Gasteiger partial charge in [-0.2, -0.15) is 24.7 Å². The van der Waals surface area contributed by atoms with E-state index in [-0.39, 0.29) is 30.4 Å². The van der Waals surface area contributed by atoms with Crippen LogP contribution in [-0.4, -0.2) is 55.4 Å². The number of hydrogen-bond acceptors (Lipinski definition) is 8. The molecule has 0 bridgehead atoms. The van der Waals surface area contributed by atoms with Gasteiger partial charge in [0.15, 0.2) is 0 Å². The fraction of sp³-hybridized carbons (Fsp3) is 0.333. The van der Waals surface area contributed by atoms with Crippen LogP contribution in [-0.2, 0) is 9.53 Å². The van der Waals surface area contributed by atoms with Crippen molar-refractivity contribution < 1.29 is 9.53 Å². The van der Waals surface area contributed by atoms with Crippen LogP contribution in [0, 0.1) is 0 Å². The van der Waals surface area contributed by atoms with Crippen LogP contribution in [0.2, 0.25) is 5.28 Å². The Bertz CT molecular complexity index is 575. The standard InChI is InChI=1S/C9H11ClN8O2/c10-7-15-8(13-1-2-20-3-6(11)19)17-9(16-7)18-5-12-4-14-18/h4-5H,1-3H2,(H2,11,19)(H,13,15,16,17). The highest BCUT2D eigenvalue weighted by molar-refractivity contribution is 6.28. The Morgan fingerprint density at radius 1 is 1.45 bits per heavy atom. The lowest BCUT2D eigenvalue weighted by Gasteiger charge is -2.06. The van der Waals surface area contributed by atoms with Gasteiger partial charge < -0.3 is 15.8 Å². The number of anilines is 1. The predicted molar refractivity (Wildman–Crippen MR) is 68.3 cm³/mol. The first-order valence-electron chi connectivity index (χ1n) is 5.51. The van der Waals surface area contributed by atoms with E-state index in [1.54, 1.807) is 0 Å². The summed E-state index contributed by atoms with van der Waals surface area (Å²) in [7, 11) is 0. The second-order valence-electron chi connectivity index (χ2n) is 3.51. The molecule has 0 unspecified atom stereocenters. The van der Waals surface area contributed by atoms with Crippen molar-refractivity contribution >= 4 is 23.5 Å². The smallest absolute Gasteiger partial charge is 0.258 e. The predicted octanol–water partition coefficient (Wildman–Crippen LogP) is -0.981. The number of halogens is 1. The highest BCUT2D eigenvalue weighted by Gasteiger charge is 2.07. The van der Waals surface area contributed by atoms with Crippen LogP contribution < -0.4 is 11.1 Å². The molecular weight excluding hydrogens is 288 g/mol. The van der Waals surface area contributed by atoms with Crippen molar-refractivity contribution in [1.29, 1.82) is 0 Å². The highest BCUT2D eigenvalue weighted by atomic mass is 35.5. The van der Waals surface area contributed by atoms with Crippen LogP contribution in [0.4, 0.5) is 5.95 Å². The van der Waals surface area contributed by atoms with Gasteiger partial charge in [0, 0.05) is 6.54 Å². The molecule has 2 aromatic rings. The van der Waals surface area contributed by atoms with Crippen LogP contribution >= 0.6 is 11.6 Å². The van der Waals surface area contributed by atoms with E-state index in [4.69, 9.17) is 22.1 Å². The SMILES string of the molecule is NC(=O)COCCNc1nc(Cl)nc(-n2cncn2)n1. The van der Waals surface area contributed by atoms with Gasteiger partial charge in [0.05, 0.1) is 6.61 Å². The third-order valence-electron chi connectivity index (χ3n) is 1.99. The van der Waals surface area contributed by atoms with Crippen molar-refractivity contribution in [1.82, 2.24) is 29.7 Å². The zero-order valence-electron chi connectivity index (χ0n) is 10.2. The number of ether oxygens (including phenoxy) is 1. The minimum absolute atomic E-state index is 0.0195. The minimum Gasteiger partial charge on any atom is -0.370 e. The summed E-state index contributed by atoms with van der Waals surface area (Å²) in [5.74, 6) is -0.0251. The number of nitrogens with zero attached hydrogens (tertiary/aromatic N) is 6. The molecule has 0 saturated heterocycles. The molecule has 2 rings (SSSR count). The number of carbonyl (C=O) groups excluding carboxylic acids is 1. The first-order chi connectivity index (χ1) is 9.65. The van der Waals surface area contributed by atoms with Crippen molar-refractivity contribution in [3.63, 3.8) is 0 Å². The van der Waals surface area contributed by atoms with Gasteiger partial charge >= 0.3 is 0 Å². The number of nitrogens with two attached hydrogens (primary N) is 1. The number of hydrogen-bond donors (Lipinski definition) is 2. The molecule has 0 fully saturated rings. The largest absolute Gasteiger partial charge is 0.370 e. The molecular formula is C9H11ClN8O2. The second-order valence-corrected chi connectivity index (χ2v) is 3.85. The molecule has 3 N–H and O–H groups in total. The van der Waals surface area contributed by atoms with Crippen molar-refractivity contribution in [3.8, 4) is 5.95 Å². The summed E-state index contributed by atoms with van der Waals surface area (Å²) in [6.07, 6.45) is 2.79. The van der Waals surface area contributed by atoms with Gasteiger partial charge in [-0.3, -0.25) is 4.79 Å². The van der Waals surface area contributed by atoms with Gasteiger partial charge in [0.25, 0.3) is 5.95 Å². The molecule has 0 radical (unpaired) electrons. The van der Waals surface area contributed by atoms with Gasteiger partial charge in [-0.25, -0.2) is 4.98 Å². The molecule has 10 nitrogen and oxygen atoms in total. The number of rotatable bonds is 7. The number of amides is 1. The Morgan fingerprint density at radius 2 is 2.30 bits per heavy atom. The van der Waals surface area contributed by atoms with E-state index in [1.807, 2.05) is 0 Å². The maximum atomic E-state index is 10.5. The van der Waals surface area contributed by atoms with Gasteiger partial charge in [0.1, 0.15) is 19.3 Å². The number of aromatic nitrogens is 6. The first kappa shape index (κ1) is 14.1. The maximum Gasteiger partial charge on any atom is 0.258 e. The Hall–Kier alpha value is -2.33. The molecule has 0 atom stereocenters. The van der Waals surface area contributed by atoms with Crippen molar-refractivity contribution in [2.75, 3.05) is 25.1 Å². The molecule has 0 saturated carbocycles. The molecule has 20 heavy (non-hydrogen) atoms. The number of carbonyl (C=O) groups is 1. The maximum absolute atomic E-state index is 10.5. The van der Waals surface area contributed by atoms with Crippen molar-refractivity contribution in [2.24, 2.45) is 5.73 Å². The van der Waals surface area contributed by atoms with Gasteiger partial charge in [-0.1, -0.05) is 0 Å². The molecule has 0 spiro atoms. The lowest BCUT2D eigenvalue weighted by atomic mass is 10.6. The van der Waals surface area contributed by atoms with E-state index >= 15 is 0 Å². The highest BCUT2D eigenvalue weighted by Crippen LogP contribution is 2.08. The Morgan fingerprint density at radius 3 is 3.00 bits per heavy atom. The summed E-state index contributed by atoms with van der Waals surface area (Å²) >= 11 is 5.79. The van der Waals surface area contributed by atoms with Gasteiger partial charge in [-0.05, 0) is 11.6 Å². The summed E-state index contributed by atoms with van der Waals surface area (Å²) < 4.78 is 6.33. The number of nitrogens with one attached hydrogen (secondary N) is 1. The number of primary amides is 1. The lowest BCUT2D eigenvalue weighted by molar-refractivity contribution is -0.122. The van der Waals surface area contributed by atoms with Crippen LogP contribution in [0.25, 0.3) is 5.95 Å². The zero-order valence-corrected chi connectivity index (χ0v) is 11.0. The minimum atomic E-state index is -0.526. The van der Waals surface area contributed by atoms with E-state index in [2.05, 4.69) is 30.4 Å². The first-order valence-corrected chi connectivity index (χ1v) is 5.89. The molecule has 106 valence electrons. The lowest BCUT2D eigenvalue weighted by Crippen LogP contribution is -2.21. The third-order valence-corrected chi connectivity index (χ3v) is 2.16. The monoisotopic (exact) mass is 298 g/mol. The summed E-state index contributed by atoms with van der Waals surface area (Å²) in [6, 6.07) is 0. The zero-order chi connectivity index (χ0) is 14.4. The van der Waals surface area contributed by atoms with Crippen LogP contribution in [0.15, 0.2) is 12.7 Å². The average Bonchev–Trinajstić information content (AvgIpc) is 2.91. The Kier molecular flexibility index (Phi) is 4.74. The Labute approximate surface area is 118 Å². The molecule has 0 aromatic carbocycles. The van der Waals surface area contributed by atoms with Crippen molar-refractivity contribution in [2.45, 2.75) is 0 Å². The van der Waals surface area contributed by atoms with E-state index in [0.717, 1.165) is 0 Å². The molecule has 2 heterocycles. The average molecular weight is 299 g/mol. The van der Waals surface area contributed by atoms with E-state index in [0.29, 0.717) is 6.54 Å². The topological polar surface area (TPSA) is 134 Å². The molecule has 0 aliphatic heterocycles. The summed E-state index contributed by atoms with van der Waals surface area (Å²) in [6.45, 7) is 0.513. The summed E-state index contributed by atoms with van der Waals surface area (Å²) in [5.41, 5.74) is 4.93. The van der Waals surface area contributed by atoms with Crippen molar-refractivity contribution in [3.05, 3.63) is 17.9 Å². The van der Waals surface area contributed by atoms with E-state index in [1.165, 1.54) is 17.3 Å². The summed E-state index contributed by atoms with van der Waals surface area (Å²) in [4.78, 5) is 26.2. The molecule has 11 heteroatoms. The summed E-state index contributed by atoms with van der Waals surface area (Å²) in [5, 5.41) is 6.78. The van der Waals surface area contributed by atoms with E-state index < -0.39 is 5.91 Å². The normalized spacial score (nSPS) is 10.4. The van der Waals surface area contributed by atoms with Crippen LogP contribution in [0.5, 0.6) is 0 Å². The van der Waals surface area contributed by atoms with Crippen LogP contribution in [0.1, 0.15) is 0 Å². The molecule has 0 aliphatic carbocycles. The quantitative estimate of drug-likeness (QED) is 0.623. The fourth-order valence-electron chi connectivity index (χ4n) is 1.24. The molecule has 1 amide bonds. The van der Waals surface area contributed by atoms with Gasteiger partial charge in [0.2, 0.25) is 17.1 Å². The third kappa shape index (κ3) is 4.10. The fourth-order valence-corrected chi connectivity index (χ4v) is 1.40. The Balaban J connectivity index is 1.93. The van der Waals surface area contributed by atoms with Gasteiger partial charge in [-0.15, -0.1) is 0 Å². The molecule has 2 aromatic heterocycles. The second kappa shape index (κ2) is 6.73. The molecule has 0 aliphatic rings. The van der Waals surface area contributed by atoms with E-state index in [9.17, 15) is 4.79 Å².